The molecule has 0 aliphatic carbocycles. The maximum atomic E-state index is 6.28. The fourth-order valence-corrected chi connectivity index (χ4v) is 3.60. The maximum absolute atomic E-state index is 6.28. The van der Waals surface area contributed by atoms with E-state index in [1.54, 1.807) is 17.4 Å². The molecule has 0 atom stereocenters. The van der Waals surface area contributed by atoms with Crippen LogP contribution in [0.25, 0.3) is 16.2 Å². The zero-order chi connectivity index (χ0) is 13.6. The minimum Gasteiger partial charge on any atom is -0.325 e. The van der Waals surface area contributed by atoms with Gasteiger partial charge in [0.1, 0.15) is 0 Å². The van der Waals surface area contributed by atoms with Crippen LogP contribution in [0.3, 0.4) is 0 Å². The van der Waals surface area contributed by atoms with Crippen molar-refractivity contribution in [1.82, 2.24) is 9.38 Å². The van der Waals surface area contributed by atoms with Gasteiger partial charge >= 0.3 is 0 Å². The van der Waals surface area contributed by atoms with Gasteiger partial charge in [0.25, 0.3) is 0 Å². The van der Waals surface area contributed by atoms with Crippen LogP contribution in [0, 0.1) is 6.92 Å². The molecule has 3 aromatic rings. The Balaban J connectivity index is 2.30. The minimum absolute atomic E-state index is 0.446. The summed E-state index contributed by atoms with van der Waals surface area (Å²) in [5.41, 5.74) is 9.73. The largest absolute Gasteiger partial charge is 0.325 e. The smallest absolute Gasteiger partial charge is 0.194 e. The Morgan fingerprint density at radius 1 is 1.37 bits per heavy atom. The summed E-state index contributed by atoms with van der Waals surface area (Å²) < 4.78 is 2.06. The number of nitrogens with zero attached hydrogens (tertiary/aromatic N) is 2. The van der Waals surface area contributed by atoms with Gasteiger partial charge in [0.2, 0.25) is 0 Å². The van der Waals surface area contributed by atoms with Crippen LogP contribution in [0.4, 0.5) is 0 Å². The van der Waals surface area contributed by atoms with Gasteiger partial charge in [-0.15, -0.1) is 11.3 Å². The first kappa shape index (κ1) is 12.9. The van der Waals surface area contributed by atoms with Gasteiger partial charge in [-0.25, -0.2) is 4.98 Å². The summed E-state index contributed by atoms with van der Waals surface area (Å²) in [5.74, 6) is 0. The molecule has 0 aliphatic heterocycles. The molecule has 0 unspecified atom stereocenters. The third-order valence-corrected chi connectivity index (χ3v) is 4.43. The predicted octanol–water partition coefficient (Wildman–Crippen LogP) is 4.14. The number of imidazole rings is 1. The molecule has 0 amide bonds. The van der Waals surface area contributed by atoms with Crippen molar-refractivity contribution in [2.45, 2.75) is 13.5 Å². The van der Waals surface area contributed by atoms with E-state index >= 15 is 0 Å². The quantitative estimate of drug-likeness (QED) is 0.773. The molecule has 0 fully saturated rings. The molecule has 0 bridgehead atoms. The summed E-state index contributed by atoms with van der Waals surface area (Å²) in [4.78, 5) is 5.44. The van der Waals surface area contributed by atoms with Gasteiger partial charge in [-0.1, -0.05) is 23.2 Å². The van der Waals surface area contributed by atoms with Gasteiger partial charge in [-0.3, -0.25) is 4.40 Å². The van der Waals surface area contributed by atoms with Crippen LogP contribution >= 0.6 is 34.5 Å². The summed E-state index contributed by atoms with van der Waals surface area (Å²) in [5, 5.41) is 3.29. The molecule has 2 N–H and O–H groups in total. The second-order valence-electron chi connectivity index (χ2n) is 4.21. The number of aryl methyl sites for hydroxylation is 1. The summed E-state index contributed by atoms with van der Waals surface area (Å²) >= 11 is 13.8. The van der Waals surface area contributed by atoms with E-state index < -0.39 is 0 Å². The number of hydrogen-bond donors (Lipinski definition) is 1. The fraction of sp³-hybridized carbons (Fsp3) is 0.154. The standard InChI is InChI=1S/C13H11Cl2N3S/c1-7-11(5-16)18-12(6-19-13(18)17-7)9-3-2-8(14)4-10(9)15/h2-4,6H,5,16H2,1H3. The molecule has 3 nitrogen and oxygen atoms in total. The van der Waals surface area contributed by atoms with E-state index in [1.165, 1.54) is 0 Å². The molecule has 98 valence electrons. The highest BCUT2D eigenvalue weighted by Gasteiger charge is 2.15. The summed E-state index contributed by atoms with van der Waals surface area (Å²) in [7, 11) is 0. The van der Waals surface area contributed by atoms with Crippen LogP contribution in [-0.4, -0.2) is 9.38 Å². The second kappa shape index (κ2) is 4.80. The van der Waals surface area contributed by atoms with Crippen LogP contribution < -0.4 is 5.73 Å². The first-order valence-corrected chi connectivity index (χ1v) is 7.36. The number of halogens is 2. The minimum atomic E-state index is 0.446. The Morgan fingerprint density at radius 3 is 2.84 bits per heavy atom. The molecule has 3 rings (SSSR count). The zero-order valence-electron chi connectivity index (χ0n) is 10.2. The Kier molecular flexibility index (Phi) is 3.27. The lowest BCUT2D eigenvalue weighted by Gasteiger charge is -2.06. The molecule has 6 heteroatoms. The van der Waals surface area contributed by atoms with Crippen molar-refractivity contribution in [2.24, 2.45) is 5.73 Å². The number of aromatic nitrogens is 2. The monoisotopic (exact) mass is 311 g/mol. The van der Waals surface area contributed by atoms with Crippen LogP contribution in [0.2, 0.25) is 10.0 Å². The van der Waals surface area contributed by atoms with Crippen LogP contribution in [0.5, 0.6) is 0 Å². The summed E-state index contributed by atoms with van der Waals surface area (Å²) in [6, 6.07) is 5.49. The third-order valence-electron chi connectivity index (χ3n) is 3.06. The van der Waals surface area contributed by atoms with Gasteiger partial charge in [0.15, 0.2) is 4.96 Å². The lowest BCUT2D eigenvalue weighted by atomic mass is 10.1. The second-order valence-corrected chi connectivity index (χ2v) is 5.89. The van der Waals surface area contributed by atoms with E-state index in [0.29, 0.717) is 16.6 Å². The molecule has 0 radical (unpaired) electrons. The molecule has 0 spiro atoms. The van der Waals surface area contributed by atoms with E-state index in [0.717, 1.165) is 27.6 Å². The molecular weight excluding hydrogens is 301 g/mol. The lowest BCUT2D eigenvalue weighted by molar-refractivity contribution is 0.953. The number of rotatable bonds is 2. The normalized spacial score (nSPS) is 11.4. The molecule has 0 saturated heterocycles. The first-order valence-electron chi connectivity index (χ1n) is 5.72. The van der Waals surface area contributed by atoms with Crippen LogP contribution in [0.1, 0.15) is 11.4 Å². The van der Waals surface area contributed by atoms with Crippen molar-refractivity contribution in [2.75, 3.05) is 0 Å². The van der Waals surface area contributed by atoms with E-state index in [4.69, 9.17) is 28.9 Å². The highest BCUT2D eigenvalue weighted by Crippen LogP contribution is 2.34. The Labute approximate surface area is 124 Å². The predicted molar refractivity (Wildman–Crippen MR) is 81.2 cm³/mol. The highest BCUT2D eigenvalue weighted by molar-refractivity contribution is 7.15. The Bertz CT molecular complexity index is 761. The third kappa shape index (κ3) is 2.05. The van der Waals surface area contributed by atoms with Crippen molar-refractivity contribution in [3.8, 4) is 11.3 Å². The maximum Gasteiger partial charge on any atom is 0.194 e. The van der Waals surface area contributed by atoms with Gasteiger partial charge in [-0.05, 0) is 25.1 Å². The van der Waals surface area contributed by atoms with E-state index in [2.05, 4.69) is 9.38 Å². The van der Waals surface area contributed by atoms with Gasteiger partial charge in [0.05, 0.1) is 22.1 Å². The zero-order valence-corrected chi connectivity index (χ0v) is 12.5. The van der Waals surface area contributed by atoms with Crippen molar-refractivity contribution in [3.63, 3.8) is 0 Å². The number of fused-ring (bicyclic) bond motifs is 1. The number of benzene rings is 1. The van der Waals surface area contributed by atoms with Crippen LogP contribution in [0.15, 0.2) is 23.6 Å². The van der Waals surface area contributed by atoms with Crippen molar-refractivity contribution >= 4 is 39.5 Å². The topological polar surface area (TPSA) is 43.3 Å². The summed E-state index contributed by atoms with van der Waals surface area (Å²) in [6.45, 7) is 2.41. The fourth-order valence-electron chi connectivity index (χ4n) is 2.14. The molecule has 1 aromatic carbocycles. The van der Waals surface area contributed by atoms with Gasteiger partial charge in [0, 0.05) is 22.5 Å². The summed E-state index contributed by atoms with van der Waals surface area (Å²) in [6.07, 6.45) is 0. The van der Waals surface area contributed by atoms with Crippen molar-refractivity contribution in [3.05, 3.63) is 45.0 Å². The average molecular weight is 312 g/mol. The van der Waals surface area contributed by atoms with E-state index in [9.17, 15) is 0 Å². The number of nitrogens with two attached hydrogens (primary N) is 1. The SMILES string of the molecule is Cc1nc2scc(-c3ccc(Cl)cc3Cl)n2c1CN. The number of thiazole rings is 1. The molecular formula is C13H11Cl2N3S. The van der Waals surface area contributed by atoms with Gasteiger partial charge in [-0.2, -0.15) is 0 Å². The van der Waals surface area contributed by atoms with Crippen molar-refractivity contribution in [1.29, 1.82) is 0 Å². The van der Waals surface area contributed by atoms with E-state index in [1.807, 2.05) is 24.4 Å². The Hall–Kier alpha value is -1.07. The molecule has 2 heterocycles. The lowest BCUT2D eigenvalue weighted by Crippen LogP contribution is -2.03. The first-order chi connectivity index (χ1) is 9.11. The molecule has 2 aromatic heterocycles. The molecule has 0 saturated carbocycles. The van der Waals surface area contributed by atoms with Crippen LogP contribution in [-0.2, 0) is 6.54 Å². The average Bonchev–Trinajstić information content (AvgIpc) is 2.87. The number of hydrogen-bond acceptors (Lipinski definition) is 3. The molecule has 19 heavy (non-hydrogen) atoms. The van der Waals surface area contributed by atoms with E-state index in [-0.39, 0.29) is 0 Å². The van der Waals surface area contributed by atoms with Crippen molar-refractivity contribution < 1.29 is 0 Å². The van der Waals surface area contributed by atoms with Gasteiger partial charge < -0.3 is 5.73 Å². The Morgan fingerprint density at radius 2 is 2.16 bits per heavy atom. The highest BCUT2D eigenvalue weighted by atomic mass is 35.5. The molecule has 0 aliphatic rings.